The summed E-state index contributed by atoms with van der Waals surface area (Å²) in [7, 11) is 0. The van der Waals surface area contributed by atoms with E-state index in [0.717, 1.165) is 11.6 Å². The first-order valence-corrected chi connectivity index (χ1v) is 8.10. The molecule has 1 heterocycles. The molecule has 0 aromatic heterocycles. The van der Waals surface area contributed by atoms with E-state index in [2.05, 4.69) is 0 Å². The van der Waals surface area contributed by atoms with Crippen molar-refractivity contribution in [2.45, 2.75) is 38.1 Å². The van der Waals surface area contributed by atoms with Crippen LogP contribution in [0.5, 0.6) is 5.75 Å². The number of hydrogen-bond donors (Lipinski definition) is 1. The van der Waals surface area contributed by atoms with Crippen molar-refractivity contribution in [3.63, 3.8) is 0 Å². The summed E-state index contributed by atoms with van der Waals surface area (Å²) in [6, 6.07) is 12.2. The van der Waals surface area contributed by atoms with Gasteiger partial charge in [0.2, 0.25) is 5.60 Å². The lowest BCUT2D eigenvalue weighted by Crippen LogP contribution is -2.49. The third-order valence-corrected chi connectivity index (χ3v) is 4.52. The van der Waals surface area contributed by atoms with E-state index in [4.69, 9.17) is 4.74 Å². The zero-order valence-corrected chi connectivity index (χ0v) is 14.0. The van der Waals surface area contributed by atoms with E-state index in [-0.39, 0.29) is 12.2 Å². The van der Waals surface area contributed by atoms with Crippen molar-refractivity contribution in [2.24, 2.45) is 0 Å². The molecular weight excluding hydrogens is 329 g/mol. The fraction of sp³-hybridized carbons (Fsp3) is 0.300. The molecule has 2 aromatic carbocycles. The standard InChI is InChI=1S/C20H19F3O2/c1-3-19(20(21,22)23)10-9-15-11-13(2)12-16(18(15)25-19)17(24)14-7-5-4-6-8-14/h4-12,17,24H,3H2,1-2H3. The van der Waals surface area contributed by atoms with Crippen LogP contribution in [0.3, 0.4) is 0 Å². The molecular formula is C20H19F3O2. The number of aliphatic hydroxyl groups excluding tert-OH is 1. The van der Waals surface area contributed by atoms with Crippen LogP contribution < -0.4 is 4.74 Å². The van der Waals surface area contributed by atoms with Crippen LogP contribution in [0.4, 0.5) is 13.2 Å². The van der Waals surface area contributed by atoms with Crippen molar-refractivity contribution in [3.8, 4) is 5.75 Å². The highest BCUT2D eigenvalue weighted by Gasteiger charge is 2.55. The van der Waals surface area contributed by atoms with Crippen LogP contribution in [0.15, 0.2) is 48.5 Å². The Morgan fingerprint density at radius 2 is 1.84 bits per heavy atom. The summed E-state index contributed by atoms with van der Waals surface area (Å²) in [5.41, 5.74) is -0.0538. The van der Waals surface area contributed by atoms with E-state index >= 15 is 0 Å². The van der Waals surface area contributed by atoms with Crippen molar-refractivity contribution in [1.82, 2.24) is 0 Å². The van der Waals surface area contributed by atoms with Crippen LogP contribution in [0.1, 0.15) is 41.7 Å². The molecule has 3 rings (SSSR count). The fourth-order valence-electron chi connectivity index (χ4n) is 3.07. The van der Waals surface area contributed by atoms with Crippen molar-refractivity contribution < 1.29 is 23.0 Å². The highest BCUT2D eigenvalue weighted by atomic mass is 19.4. The number of halogens is 3. The third kappa shape index (κ3) is 3.04. The maximum atomic E-state index is 13.6. The van der Waals surface area contributed by atoms with E-state index in [1.54, 1.807) is 36.4 Å². The summed E-state index contributed by atoms with van der Waals surface area (Å²) in [4.78, 5) is 0. The van der Waals surface area contributed by atoms with Gasteiger partial charge in [-0.3, -0.25) is 0 Å². The van der Waals surface area contributed by atoms with E-state index in [9.17, 15) is 18.3 Å². The molecule has 0 aliphatic carbocycles. The van der Waals surface area contributed by atoms with Crippen molar-refractivity contribution in [2.75, 3.05) is 0 Å². The molecule has 1 aliphatic rings. The molecule has 1 aliphatic heterocycles. The Hall–Kier alpha value is -2.27. The van der Waals surface area contributed by atoms with Gasteiger partial charge < -0.3 is 9.84 Å². The normalized spacial score (nSPS) is 20.7. The first kappa shape index (κ1) is 17.5. The number of aliphatic hydroxyl groups is 1. The Labute approximate surface area is 144 Å². The van der Waals surface area contributed by atoms with Crippen LogP contribution in [0.25, 0.3) is 6.08 Å². The lowest BCUT2D eigenvalue weighted by molar-refractivity contribution is -0.230. The van der Waals surface area contributed by atoms with Crippen LogP contribution >= 0.6 is 0 Å². The van der Waals surface area contributed by atoms with Gasteiger partial charge in [-0.15, -0.1) is 0 Å². The van der Waals surface area contributed by atoms with Gasteiger partial charge in [0.25, 0.3) is 0 Å². The summed E-state index contributed by atoms with van der Waals surface area (Å²) in [6.07, 6.45) is -3.36. The van der Waals surface area contributed by atoms with E-state index in [0.29, 0.717) is 16.7 Å². The Balaban J connectivity index is 2.13. The minimum atomic E-state index is -4.55. The second kappa shape index (κ2) is 6.23. The SMILES string of the molecule is CCC1(C(F)(F)F)C=Cc2cc(C)cc(C(O)c3ccccc3)c2O1. The molecule has 2 unspecified atom stereocenters. The van der Waals surface area contributed by atoms with Gasteiger partial charge in [0.1, 0.15) is 11.9 Å². The fourth-order valence-corrected chi connectivity index (χ4v) is 3.07. The first-order chi connectivity index (χ1) is 11.8. The maximum absolute atomic E-state index is 13.6. The molecule has 0 saturated heterocycles. The lowest BCUT2D eigenvalue weighted by atomic mass is 9.90. The summed E-state index contributed by atoms with van der Waals surface area (Å²) in [6.45, 7) is 3.27. The van der Waals surface area contributed by atoms with E-state index < -0.39 is 17.9 Å². The average molecular weight is 348 g/mol. The number of ether oxygens (including phenoxy) is 1. The number of hydrogen-bond acceptors (Lipinski definition) is 2. The third-order valence-electron chi connectivity index (χ3n) is 4.52. The van der Waals surface area contributed by atoms with Gasteiger partial charge >= 0.3 is 6.18 Å². The van der Waals surface area contributed by atoms with E-state index in [1.165, 1.54) is 13.0 Å². The van der Waals surface area contributed by atoms with Crippen molar-refractivity contribution in [3.05, 3.63) is 70.8 Å². The highest BCUT2D eigenvalue weighted by molar-refractivity contribution is 5.66. The zero-order valence-electron chi connectivity index (χ0n) is 14.0. The van der Waals surface area contributed by atoms with Gasteiger partial charge in [0.15, 0.2) is 0 Å². The van der Waals surface area contributed by atoms with Gasteiger partial charge in [-0.1, -0.05) is 43.3 Å². The predicted molar refractivity (Wildman–Crippen MR) is 90.4 cm³/mol. The maximum Gasteiger partial charge on any atom is 0.432 e. The van der Waals surface area contributed by atoms with Crippen LogP contribution in [-0.2, 0) is 0 Å². The zero-order chi connectivity index (χ0) is 18.2. The topological polar surface area (TPSA) is 29.5 Å². The Morgan fingerprint density at radius 3 is 2.44 bits per heavy atom. The van der Waals surface area contributed by atoms with Crippen LogP contribution in [0, 0.1) is 6.92 Å². The quantitative estimate of drug-likeness (QED) is 0.827. The molecule has 2 atom stereocenters. The number of fused-ring (bicyclic) bond motifs is 1. The summed E-state index contributed by atoms with van der Waals surface area (Å²) < 4.78 is 46.3. The summed E-state index contributed by atoms with van der Waals surface area (Å²) >= 11 is 0. The minimum absolute atomic E-state index is 0.0867. The van der Waals surface area contributed by atoms with Crippen LogP contribution in [0.2, 0.25) is 0 Å². The molecule has 0 saturated carbocycles. The summed E-state index contributed by atoms with van der Waals surface area (Å²) in [5.74, 6) is 0.0867. The monoisotopic (exact) mass is 348 g/mol. The second-order valence-electron chi connectivity index (χ2n) is 6.26. The second-order valence-corrected chi connectivity index (χ2v) is 6.26. The average Bonchev–Trinajstić information content (AvgIpc) is 2.59. The Kier molecular flexibility index (Phi) is 4.37. The number of rotatable bonds is 3. The molecule has 132 valence electrons. The molecule has 25 heavy (non-hydrogen) atoms. The van der Waals surface area contributed by atoms with Crippen molar-refractivity contribution >= 4 is 6.08 Å². The molecule has 0 fully saturated rings. The first-order valence-electron chi connectivity index (χ1n) is 8.10. The molecule has 5 heteroatoms. The van der Waals surface area contributed by atoms with Crippen LogP contribution in [-0.4, -0.2) is 16.9 Å². The molecule has 0 radical (unpaired) electrons. The van der Waals surface area contributed by atoms with E-state index in [1.807, 2.05) is 13.0 Å². The molecule has 2 aromatic rings. The number of benzene rings is 2. The number of aryl methyl sites for hydroxylation is 1. The molecule has 0 amide bonds. The van der Waals surface area contributed by atoms with Gasteiger partial charge in [0, 0.05) is 11.1 Å². The van der Waals surface area contributed by atoms with Gasteiger partial charge in [-0.2, -0.15) is 13.2 Å². The largest absolute Gasteiger partial charge is 0.473 e. The predicted octanol–water partition coefficient (Wildman–Crippen LogP) is 5.19. The molecule has 0 spiro atoms. The molecule has 1 N–H and O–H groups in total. The van der Waals surface area contributed by atoms with Gasteiger partial charge in [-0.25, -0.2) is 0 Å². The highest BCUT2D eigenvalue weighted by Crippen LogP contribution is 2.46. The molecule has 0 bridgehead atoms. The Bertz CT molecular complexity index is 797. The molecule has 2 nitrogen and oxygen atoms in total. The summed E-state index contributed by atoms with van der Waals surface area (Å²) in [5, 5.41) is 10.7. The lowest BCUT2D eigenvalue weighted by Gasteiger charge is -2.37. The van der Waals surface area contributed by atoms with Crippen molar-refractivity contribution in [1.29, 1.82) is 0 Å². The number of alkyl halides is 3. The minimum Gasteiger partial charge on any atom is -0.473 e. The van der Waals surface area contributed by atoms with Gasteiger partial charge in [-0.05, 0) is 42.7 Å². The smallest absolute Gasteiger partial charge is 0.432 e. The Morgan fingerprint density at radius 1 is 1.16 bits per heavy atom. The van der Waals surface area contributed by atoms with Gasteiger partial charge in [0.05, 0.1) is 0 Å².